The Bertz CT molecular complexity index is 843. The lowest BCUT2D eigenvalue weighted by Crippen LogP contribution is -2.68. The Labute approximate surface area is 175 Å². The number of aliphatic hydroxyl groups is 1. The number of aliphatic hydroxyl groups excluding tert-OH is 1. The highest BCUT2D eigenvalue weighted by Crippen LogP contribution is 2.33. The van der Waals surface area contributed by atoms with Crippen molar-refractivity contribution in [3.05, 3.63) is 71.8 Å². The summed E-state index contributed by atoms with van der Waals surface area (Å²) in [7, 11) is 0. The Balaban J connectivity index is 1.53. The van der Waals surface area contributed by atoms with Gasteiger partial charge in [0.05, 0.1) is 13.2 Å². The first-order valence-corrected chi connectivity index (χ1v) is 10.1. The molecule has 2 aliphatic rings. The highest BCUT2D eigenvalue weighted by molar-refractivity contribution is 5.94. The highest BCUT2D eigenvalue weighted by Gasteiger charge is 2.51. The number of fused-ring (bicyclic) bond motifs is 1. The van der Waals surface area contributed by atoms with Crippen LogP contribution in [0.25, 0.3) is 0 Å². The van der Waals surface area contributed by atoms with E-state index in [0.29, 0.717) is 5.56 Å². The molecular weight excluding hydrogens is 386 g/mol. The zero-order valence-corrected chi connectivity index (χ0v) is 17.1. The number of hydrogen-bond donors (Lipinski definition) is 2. The lowest BCUT2D eigenvalue weighted by Gasteiger charge is -2.49. The molecule has 0 saturated carbocycles. The van der Waals surface area contributed by atoms with Gasteiger partial charge in [0.2, 0.25) is 0 Å². The molecule has 30 heavy (non-hydrogen) atoms. The Morgan fingerprint density at radius 3 is 2.50 bits per heavy atom. The molecule has 5 atom stereocenters. The van der Waals surface area contributed by atoms with E-state index in [9.17, 15) is 9.90 Å². The number of amides is 1. The maximum atomic E-state index is 12.8. The van der Waals surface area contributed by atoms with Crippen molar-refractivity contribution in [3.8, 4) is 0 Å². The van der Waals surface area contributed by atoms with Crippen LogP contribution in [0.2, 0.25) is 0 Å². The van der Waals surface area contributed by atoms with Crippen LogP contribution in [-0.4, -0.2) is 54.1 Å². The summed E-state index contributed by atoms with van der Waals surface area (Å²) in [5.41, 5.74) is 1.45. The van der Waals surface area contributed by atoms with Crippen molar-refractivity contribution in [2.24, 2.45) is 0 Å². The van der Waals surface area contributed by atoms with E-state index >= 15 is 0 Å². The van der Waals surface area contributed by atoms with Crippen LogP contribution in [0.5, 0.6) is 0 Å². The predicted molar refractivity (Wildman–Crippen MR) is 108 cm³/mol. The van der Waals surface area contributed by atoms with E-state index in [1.807, 2.05) is 36.4 Å². The van der Waals surface area contributed by atoms with E-state index in [0.717, 1.165) is 5.56 Å². The van der Waals surface area contributed by atoms with Gasteiger partial charge in [-0.25, -0.2) is 0 Å². The molecule has 2 aromatic carbocycles. The maximum Gasteiger partial charge on any atom is 0.251 e. The minimum absolute atomic E-state index is 0.263. The van der Waals surface area contributed by atoms with Crippen molar-refractivity contribution in [1.82, 2.24) is 5.32 Å². The van der Waals surface area contributed by atoms with Gasteiger partial charge in [-0.1, -0.05) is 48.5 Å². The third-order valence-electron chi connectivity index (χ3n) is 5.28. The number of rotatable bonds is 5. The Hall–Kier alpha value is -2.29. The lowest BCUT2D eigenvalue weighted by atomic mass is 9.95. The minimum Gasteiger partial charge on any atom is -0.388 e. The van der Waals surface area contributed by atoms with Gasteiger partial charge >= 0.3 is 0 Å². The molecule has 2 aromatic rings. The largest absolute Gasteiger partial charge is 0.388 e. The number of carbonyl (C=O) groups excluding carboxylic acids is 1. The first kappa shape index (κ1) is 21.0. The zero-order valence-electron chi connectivity index (χ0n) is 17.1. The van der Waals surface area contributed by atoms with E-state index in [-0.39, 0.29) is 19.1 Å². The van der Waals surface area contributed by atoms with Crippen molar-refractivity contribution in [2.45, 2.75) is 56.9 Å². The number of hydrogen-bond acceptors (Lipinski definition) is 6. The van der Waals surface area contributed by atoms with E-state index in [2.05, 4.69) is 5.32 Å². The summed E-state index contributed by atoms with van der Waals surface area (Å²) >= 11 is 0. The fourth-order valence-electron chi connectivity index (χ4n) is 3.72. The second-order valence-electron chi connectivity index (χ2n) is 7.99. The van der Waals surface area contributed by atoms with E-state index in [1.54, 1.807) is 38.1 Å². The molecule has 2 aliphatic heterocycles. The Kier molecular flexibility index (Phi) is 6.17. The molecule has 0 aliphatic carbocycles. The molecule has 0 spiro atoms. The van der Waals surface area contributed by atoms with Crippen LogP contribution in [0.4, 0.5) is 0 Å². The summed E-state index contributed by atoms with van der Waals surface area (Å²) < 4.78 is 23.7. The summed E-state index contributed by atoms with van der Waals surface area (Å²) in [6, 6.07) is 17.7. The van der Waals surface area contributed by atoms with Crippen LogP contribution in [0.15, 0.2) is 60.7 Å². The van der Waals surface area contributed by atoms with Crippen molar-refractivity contribution in [3.63, 3.8) is 0 Å². The molecule has 2 heterocycles. The quantitative estimate of drug-likeness (QED) is 0.782. The molecule has 1 amide bonds. The first-order valence-electron chi connectivity index (χ1n) is 10.1. The van der Waals surface area contributed by atoms with Gasteiger partial charge in [-0.2, -0.15) is 0 Å². The monoisotopic (exact) mass is 413 g/mol. The standard InChI is InChI=1S/C23H27NO6/c1-23(2)28-14-17-20(30-23)19(25)18(24-21(26)16-11-7-4-8-12-16)22(29-17)27-13-15-9-5-3-6-10-15/h3-12,17-20,22,25H,13-14H2,1-2H3,(H,24,26)/t17-,18-,19-,20-,22-/m1/s1. The van der Waals surface area contributed by atoms with Gasteiger partial charge in [-0.05, 0) is 31.5 Å². The lowest BCUT2D eigenvalue weighted by molar-refractivity contribution is -0.369. The van der Waals surface area contributed by atoms with Crippen LogP contribution < -0.4 is 5.32 Å². The van der Waals surface area contributed by atoms with Crippen LogP contribution in [-0.2, 0) is 25.6 Å². The van der Waals surface area contributed by atoms with Gasteiger partial charge in [-0.3, -0.25) is 4.79 Å². The van der Waals surface area contributed by atoms with Crippen LogP contribution in [0.1, 0.15) is 29.8 Å². The van der Waals surface area contributed by atoms with Crippen LogP contribution >= 0.6 is 0 Å². The SMILES string of the molecule is CC1(C)OC[C@H]2O[C@@H](OCc3ccccc3)[C@H](NC(=O)c3ccccc3)[C@@H](O)[C@@H]2O1. The topological polar surface area (TPSA) is 86.2 Å². The van der Waals surface area contributed by atoms with Gasteiger partial charge in [0.1, 0.15) is 24.4 Å². The third kappa shape index (κ3) is 4.71. The number of benzene rings is 2. The molecule has 0 unspecified atom stereocenters. The summed E-state index contributed by atoms with van der Waals surface area (Å²) in [5.74, 6) is -1.17. The minimum atomic E-state index is -1.03. The van der Waals surface area contributed by atoms with Crippen LogP contribution in [0.3, 0.4) is 0 Å². The fourth-order valence-corrected chi connectivity index (χ4v) is 3.72. The van der Waals surface area contributed by atoms with Crippen molar-refractivity contribution in [2.75, 3.05) is 6.61 Å². The number of nitrogens with one attached hydrogen (secondary N) is 1. The summed E-state index contributed by atoms with van der Waals surface area (Å²) in [6.07, 6.45) is -3.03. The second-order valence-corrected chi connectivity index (χ2v) is 7.99. The Morgan fingerprint density at radius 2 is 1.80 bits per heavy atom. The van der Waals surface area contributed by atoms with Crippen molar-refractivity contribution >= 4 is 5.91 Å². The fraction of sp³-hybridized carbons (Fsp3) is 0.435. The molecule has 2 saturated heterocycles. The van der Waals surface area contributed by atoms with E-state index < -0.39 is 36.4 Å². The first-order chi connectivity index (χ1) is 14.4. The third-order valence-corrected chi connectivity index (χ3v) is 5.28. The van der Waals surface area contributed by atoms with Crippen molar-refractivity contribution in [1.29, 1.82) is 0 Å². The molecular formula is C23H27NO6. The van der Waals surface area contributed by atoms with Gasteiger partial charge in [0, 0.05) is 5.56 Å². The van der Waals surface area contributed by atoms with E-state index in [4.69, 9.17) is 18.9 Å². The molecule has 0 radical (unpaired) electrons. The molecule has 4 rings (SSSR count). The summed E-state index contributed by atoms with van der Waals surface area (Å²) in [6.45, 7) is 4.11. The molecule has 0 aromatic heterocycles. The van der Waals surface area contributed by atoms with E-state index in [1.165, 1.54) is 0 Å². The highest BCUT2D eigenvalue weighted by atomic mass is 16.8. The summed E-state index contributed by atoms with van der Waals surface area (Å²) in [4.78, 5) is 12.8. The number of ether oxygens (including phenoxy) is 4. The molecule has 7 heteroatoms. The van der Waals surface area contributed by atoms with Gasteiger partial charge in [-0.15, -0.1) is 0 Å². The zero-order chi connectivity index (χ0) is 21.1. The predicted octanol–water partition coefficient (Wildman–Crippen LogP) is 2.24. The summed E-state index contributed by atoms with van der Waals surface area (Å²) in [5, 5.41) is 14.0. The second kappa shape index (κ2) is 8.83. The van der Waals surface area contributed by atoms with Gasteiger partial charge in [0.15, 0.2) is 12.1 Å². The average molecular weight is 413 g/mol. The average Bonchev–Trinajstić information content (AvgIpc) is 2.76. The molecule has 0 bridgehead atoms. The molecule has 7 nitrogen and oxygen atoms in total. The normalized spacial score (nSPS) is 30.3. The van der Waals surface area contributed by atoms with Gasteiger partial charge < -0.3 is 29.4 Å². The molecule has 2 fully saturated rings. The van der Waals surface area contributed by atoms with Gasteiger partial charge in [0.25, 0.3) is 5.91 Å². The van der Waals surface area contributed by atoms with Crippen LogP contribution in [0, 0.1) is 0 Å². The Morgan fingerprint density at radius 1 is 1.13 bits per heavy atom. The molecule has 2 N–H and O–H groups in total. The van der Waals surface area contributed by atoms with Crippen molar-refractivity contribution < 1.29 is 28.8 Å². The number of carbonyl (C=O) groups is 1. The molecule has 160 valence electrons. The maximum absolute atomic E-state index is 12.8. The smallest absolute Gasteiger partial charge is 0.251 e.